The Balaban J connectivity index is 1.97. The molecule has 0 saturated heterocycles. The van der Waals surface area contributed by atoms with E-state index in [-0.39, 0.29) is 11.5 Å². The minimum Gasteiger partial charge on any atom is -0.444 e. The molecule has 5 nitrogen and oxygen atoms in total. The number of hydrogen-bond donors (Lipinski definition) is 1. The summed E-state index contributed by atoms with van der Waals surface area (Å²) in [6.45, 7) is 1.86. The van der Waals surface area contributed by atoms with Crippen molar-refractivity contribution in [3.05, 3.63) is 65.7 Å². The van der Waals surface area contributed by atoms with Gasteiger partial charge in [-0.3, -0.25) is 0 Å². The van der Waals surface area contributed by atoms with Gasteiger partial charge in [0.05, 0.1) is 4.90 Å². The Morgan fingerprint density at radius 3 is 2.29 bits per heavy atom. The predicted molar refractivity (Wildman–Crippen MR) is 78.1 cm³/mol. The molecule has 1 amide bonds. The van der Waals surface area contributed by atoms with Gasteiger partial charge in [0.2, 0.25) is 0 Å². The molecule has 0 aliphatic rings. The Kier molecular flexibility index (Phi) is 4.59. The fraction of sp³-hybridized carbons (Fsp3) is 0.133. The molecule has 21 heavy (non-hydrogen) atoms. The van der Waals surface area contributed by atoms with Crippen LogP contribution in [-0.4, -0.2) is 14.5 Å². The summed E-state index contributed by atoms with van der Waals surface area (Å²) in [7, 11) is -3.91. The van der Waals surface area contributed by atoms with Crippen LogP contribution in [0.25, 0.3) is 0 Å². The lowest BCUT2D eigenvalue weighted by atomic mass is 10.2. The smallest absolute Gasteiger partial charge is 0.421 e. The lowest BCUT2D eigenvalue weighted by molar-refractivity contribution is 0.146. The molecule has 0 fully saturated rings. The first-order valence-corrected chi connectivity index (χ1v) is 7.76. The maximum atomic E-state index is 12.0. The normalized spacial score (nSPS) is 10.9. The third-order valence-electron chi connectivity index (χ3n) is 2.76. The Morgan fingerprint density at radius 1 is 1.05 bits per heavy atom. The van der Waals surface area contributed by atoms with E-state index in [1.54, 1.807) is 36.4 Å². The summed E-state index contributed by atoms with van der Waals surface area (Å²) in [5, 5.41) is 0. The second-order valence-electron chi connectivity index (χ2n) is 4.48. The number of rotatable bonds is 4. The van der Waals surface area contributed by atoms with Gasteiger partial charge in [0.25, 0.3) is 10.0 Å². The van der Waals surface area contributed by atoms with Gasteiger partial charge in [-0.25, -0.2) is 17.9 Å². The molecule has 0 atom stereocenters. The number of aryl methyl sites for hydroxylation is 1. The number of hydrogen-bond acceptors (Lipinski definition) is 4. The van der Waals surface area contributed by atoms with Crippen molar-refractivity contribution >= 4 is 16.1 Å². The number of carbonyl (C=O) groups is 1. The number of sulfonamides is 1. The van der Waals surface area contributed by atoms with Crippen LogP contribution in [0.1, 0.15) is 11.1 Å². The van der Waals surface area contributed by atoms with Crippen LogP contribution < -0.4 is 4.72 Å². The zero-order valence-electron chi connectivity index (χ0n) is 11.4. The van der Waals surface area contributed by atoms with Crippen molar-refractivity contribution in [2.45, 2.75) is 18.4 Å². The molecule has 0 bridgehead atoms. The zero-order chi connectivity index (χ0) is 15.3. The summed E-state index contributed by atoms with van der Waals surface area (Å²) >= 11 is 0. The molecular weight excluding hydrogens is 290 g/mol. The molecule has 0 aromatic heterocycles. The van der Waals surface area contributed by atoms with Crippen LogP contribution in [0, 0.1) is 6.92 Å². The highest BCUT2D eigenvalue weighted by Gasteiger charge is 2.18. The van der Waals surface area contributed by atoms with Crippen molar-refractivity contribution in [2.24, 2.45) is 0 Å². The van der Waals surface area contributed by atoms with Crippen LogP contribution >= 0.6 is 0 Å². The molecule has 0 aliphatic heterocycles. The zero-order valence-corrected chi connectivity index (χ0v) is 12.3. The van der Waals surface area contributed by atoms with Crippen molar-refractivity contribution in [2.75, 3.05) is 0 Å². The molecule has 0 unspecified atom stereocenters. The van der Waals surface area contributed by atoms with E-state index in [0.717, 1.165) is 11.1 Å². The third kappa shape index (κ3) is 4.32. The fourth-order valence-corrected chi connectivity index (χ4v) is 2.53. The number of amides is 1. The summed E-state index contributed by atoms with van der Waals surface area (Å²) in [4.78, 5) is 11.6. The van der Waals surface area contributed by atoms with Crippen LogP contribution in [0.4, 0.5) is 4.79 Å². The standard InChI is InChI=1S/C15H15NO4S/c1-12-7-9-14(10-8-12)21(18,19)16-15(17)20-11-13-5-3-2-4-6-13/h2-10H,11H2,1H3,(H,16,17). The highest BCUT2D eigenvalue weighted by Crippen LogP contribution is 2.10. The maximum absolute atomic E-state index is 12.0. The lowest BCUT2D eigenvalue weighted by Gasteiger charge is -2.08. The summed E-state index contributed by atoms with van der Waals surface area (Å²) < 4.78 is 30.7. The molecule has 2 aromatic rings. The predicted octanol–water partition coefficient (Wildman–Crippen LogP) is 2.61. The molecule has 1 N–H and O–H groups in total. The average Bonchev–Trinajstić information content (AvgIpc) is 2.46. The Labute approximate surface area is 123 Å². The number of ether oxygens (including phenoxy) is 1. The van der Waals surface area contributed by atoms with E-state index in [9.17, 15) is 13.2 Å². The van der Waals surface area contributed by atoms with E-state index >= 15 is 0 Å². The maximum Gasteiger partial charge on any atom is 0.421 e. The molecular formula is C15H15NO4S. The topological polar surface area (TPSA) is 72.5 Å². The van der Waals surface area contributed by atoms with Gasteiger partial charge in [-0.15, -0.1) is 0 Å². The van der Waals surface area contributed by atoms with Gasteiger partial charge >= 0.3 is 6.09 Å². The van der Waals surface area contributed by atoms with E-state index in [0.29, 0.717) is 0 Å². The Bertz CT molecular complexity index is 709. The van der Waals surface area contributed by atoms with E-state index in [2.05, 4.69) is 0 Å². The van der Waals surface area contributed by atoms with Gasteiger partial charge < -0.3 is 4.74 Å². The Morgan fingerprint density at radius 2 is 1.67 bits per heavy atom. The molecule has 2 aromatic carbocycles. The molecule has 6 heteroatoms. The van der Waals surface area contributed by atoms with Crippen LogP contribution in [0.2, 0.25) is 0 Å². The van der Waals surface area contributed by atoms with Gasteiger partial charge in [-0.2, -0.15) is 0 Å². The largest absolute Gasteiger partial charge is 0.444 e. The molecule has 2 rings (SSSR count). The van der Waals surface area contributed by atoms with Gasteiger partial charge in [0.15, 0.2) is 0 Å². The first-order chi connectivity index (χ1) is 9.97. The Hall–Kier alpha value is -2.34. The quantitative estimate of drug-likeness (QED) is 0.942. The monoisotopic (exact) mass is 305 g/mol. The molecule has 0 heterocycles. The van der Waals surface area contributed by atoms with Crippen LogP contribution in [0.5, 0.6) is 0 Å². The van der Waals surface area contributed by atoms with E-state index in [4.69, 9.17) is 4.74 Å². The molecule has 0 radical (unpaired) electrons. The van der Waals surface area contributed by atoms with Crippen molar-refractivity contribution in [3.63, 3.8) is 0 Å². The SMILES string of the molecule is Cc1ccc(S(=O)(=O)NC(=O)OCc2ccccc2)cc1. The van der Waals surface area contributed by atoms with Gasteiger partial charge in [0.1, 0.15) is 6.61 Å². The summed E-state index contributed by atoms with van der Waals surface area (Å²) in [6.07, 6.45) is -1.00. The summed E-state index contributed by atoms with van der Waals surface area (Å²) in [5.74, 6) is 0. The molecule has 0 saturated carbocycles. The minimum absolute atomic E-state index is 0.0100. The van der Waals surface area contributed by atoms with Crippen molar-refractivity contribution in [3.8, 4) is 0 Å². The van der Waals surface area contributed by atoms with Crippen LogP contribution in [0.3, 0.4) is 0 Å². The molecule has 0 spiro atoms. The number of carbonyl (C=O) groups excluding carboxylic acids is 1. The van der Waals surface area contributed by atoms with E-state index < -0.39 is 16.1 Å². The van der Waals surface area contributed by atoms with Crippen LogP contribution in [-0.2, 0) is 21.4 Å². The van der Waals surface area contributed by atoms with Crippen molar-refractivity contribution in [1.29, 1.82) is 0 Å². The lowest BCUT2D eigenvalue weighted by Crippen LogP contribution is -2.31. The van der Waals surface area contributed by atoms with E-state index in [1.165, 1.54) is 12.1 Å². The summed E-state index contributed by atoms with van der Waals surface area (Å²) in [6, 6.07) is 15.2. The number of nitrogens with one attached hydrogen (secondary N) is 1. The highest BCUT2D eigenvalue weighted by molar-refractivity contribution is 7.90. The van der Waals surface area contributed by atoms with E-state index in [1.807, 2.05) is 17.7 Å². The first kappa shape index (κ1) is 15.1. The van der Waals surface area contributed by atoms with Crippen LogP contribution in [0.15, 0.2) is 59.5 Å². The molecule has 0 aliphatic carbocycles. The minimum atomic E-state index is -3.91. The third-order valence-corrected chi connectivity index (χ3v) is 4.09. The van der Waals surface area contributed by atoms with Gasteiger partial charge in [-0.1, -0.05) is 48.0 Å². The fourth-order valence-electron chi connectivity index (χ4n) is 1.64. The second kappa shape index (κ2) is 6.41. The van der Waals surface area contributed by atoms with Gasteiger partial charge in [-0.05, 0) is 24.6 Å². The second-order valence-corrected chi connectivity index (χ2v) is 6.16. The highest BCUT2D eigenvalue weighted by atomic mass is 32.2. The molecule has 110 valence electrons. The summed E-state index contributed by atoms with van der Waals surface area (Å²) in [5.41, 5.74) is 1.71. The first-order valence-electron chi connectivity index (χ1n) is 6.27. The van der Waals surface area contributed by atoms with Gasteiger partial charge in [0, 0.05) is 0 Å². The van der Waals surface area contributed by atoms with Crippen molar-refractivity contribution < 1.29 is 17.9 Å². The van der Waals surface area contributed by atoms with Crippen molar-refractivity contribution in [1.82, 2.24) is 4.72 Å². The number of benzene rings is 2. The average molecular weight is 305 g/mol.